The van der Waals surface area contributed by atoms with Crippen molar-refractivity contribution in [1.29, 1.82) is 0 Å². The first-order valence-electron chi connectivity index (χ1n) is 7.42. The van der Waals surface area contributed by atoms with Crippen molar-refractivity contribution in [3.8, 4) is 0 Å². The summed E-state index contributed by atoms with van der Waals surface area (Å²) in [5.41, 5.74) is 1.36. The van der Waals surface area contributed by atoms with Gasteiger partial charge in [-0.05, 0) is 31.5 Å². The van der Waals surface area contributed by atoms with E-state index in [1.807, 2.05) is 18.5 Å². The van der Waals surface area contributed by atoms with Gasteiger partial charge in [-0.2, -0.15) is 0 Å². The Bertz CT molecular complexity index is 358. The molecule has 1 aromatic rings. The van der Waals surface area contributed by atoms with E-state index in [4.69, 9.17) is 0 Å². The minimum absolute atomic E-state index is 0.119. The second-order valence-electron chi connectivity index (χ2n) is 6.11. The summed E-state index contributed by atoms with van der Waals surface area (Å²) in [5, 5.41) is 9.84. The molecule has 0 aromatic carbocycles. The van der Waals surface area contributed by atoms with Crippen LogP contribution in [0, 0.1) is 5.41 Å². The standard InChI is InChI=1S/C16H26N2O/c1-18(12-15-7-6-10-17-11-15)13-16(14-19)8-4-2-3-5-9-16/h6-7,10-11,19H,2-5,8-9,12-14H2,1H3. The molecule has 0 atom stereocenters. The maximum atomic E-state index is 9.84. The fourth-order valence-corrected chi connectivity index (χ4v) is 3.28. The second-order valence-corrected chi connectivity index (χ2v) is 6.11. The van der Waals surface area contributed by atoms with Gasteiger partial charge in [0.1, 0.15) is 0 Å². The number of aromatic nitrogens is 1. The minimum Gasteiger partial charge on any atom is -0.396 e. The van der Waals surface area contributed by atoms with Gasteiger partial charge in [0, 0.05) is 37.5 Å². The number of rotatable bonds is 5. The van der Waals surface area contributed by atoms with Gasteiger partial charge in [-0.15, -0.1) is 0 Å². The molecule has 0 aliphatic heterocycles. The molecule has 0 saturated heterocycles. The van der Waals surface area contributed by atoms with E-state index in [2.05, 4.69) is 23.0 Å². The summed E-state index contributed by atoms with van der Waals surface area (Å²) in [7, 11) is 2.15. The van der Waals surface area contributed by atoms with E-state index in [1.54, 1.807) is 0 Å². The summed E-state index contributed by atoms with van der Waals surface area (Å²) in [6.45, 7) is 2.22. The third-order valence-corrected chi connectivity index (χ3v) is 4.28. The van der Waals surface area contributed by atoms with Crippen molar-refractivity contribution < 1.29 is 5.11 Å². The van der Waals surface area contributed by atoms with Gasteiger partial charge in [0.2, 0.25) is 0 Å². The zero-order chi connectivity index (χ0) is 13.6. The van der Waals surface area contributed by atoms with Crippen molar-refractivity contribution in [2.75, 3.05) is 20.2 Å². The molecule has 3 nitrogen and oxygen atoms in total. The Morgan fingerprint density at radius 1 is 1.26 bits per heavy atom. The number of nitrogens with zero attached hydrogens (tertiary/aromatic N) is 2. The van der Waals surface area contributed by atoms with E-state index in [0.29, 0.717) is 6.61 Å². The summed E-state index contributed by atoms with van der Waals surface area (Å²) >= 11 is 0. The molecule has 1 saturated carbocycles. The third kappa shape index (κ3) is 4.29. The first kappa shape index (κ1) is 14.5. The smallest absolute Gasteiger partial charge is 0.0499 e. The molecule has 1 aromatic heterocycles. The van der Waals surface area contributed by atoms with Crippen LogP contribution in [0.5, 0.6) is 0 Å². The fraction of sp³-hybridized carbons (Fsp3) is 0.688. The van der Waals surface area contributed by atoms with Crippen LogP contribution in [0.4, 0.5) is 0 Å². The quantitative estimate of drug-likeness (QED) is 0.829. The molecule has 2 rings (SSSR count). The molecule has 1 aliphatic carbocycles. The molecule has 0 radical (unpaired) electrons. The van der Waals surface area contributed by atoms with E-state index in [0.717, 1.165) is 13.1 Å². The van der Waals surface area contributed by atoms with E-state index in [9.17, 15) is 5.11 Å². The Kier molecular flexibility index (Phi) is 5.34. The van der Waals surface area contributed by atoms with Crippen LogP contribution < -0.4 is 0 Å². The molecule has 1 N–H and O–H groups in total. The van der Waals surface area contributed by atoms with Gasteiger partial charge in [-0.25, -0.2) is 0 Å². The normalized spacial score (nSPS) is 19.3. The van der Waals surface area contributed by atoms with Crippen LogP contribution in [0.2, 0.25) is 0 Å². The number of hydrogen-bond donors (Lipinski definition) is 1. The van der Waals surface area contributed by atoms with Crippen LogP contribution >= 0.6 is 0 Å². The molecule has 0 amide bonds. The predicted molar refractivity (Wildman–Crippen MR) is 77.8 cm³/mol. The molecule has 3 heteroatoms. The molecule has 1 fully saturated rings. The van der Waals surface area contributed by atoms with Gasteiger partial charge in [0.05, 0.1) is 0 Å². The monoisotopic (exact) mass is 262 g/mol. The maximum absolute atomic E-state index is 9.84. The van der Waals surface area contributed by atoms with E-state index >= 15 is 0 Å². The van der Waals surface area contributed by atoms with Gasteiger partial charge in [-0.3, -0.25) is 4.98 Å². The highest BCUT2D eigenvalue weighted by molar-refractivity contribution is 5.08. The zero-order valence-corrected chi connectivity index (χ0v) is 12.0. The molecule has 19 heavy (non-hydrogen) atoms. The summed E-state index contributed by atoms with van der Waals surface area (Å²) < 4.78 is 0. The van der Waals surface area contributed by atoms with E-state index < -0.39 is 0 Å². The first-order chi connectivity index (χ1) is 9.24. The summed E-state index contributed by atoms with van der Waals surface area (Å²) in [4.78, 5) is 6.49. The summed E-state index contributed by atoms with van der Waals surface area (Å²) in [6, 6.07) is 4.10. The number of aliphatic hydroxyl groups is 1. The van der Waals surface area contributed by atoms with Crippen LogP contribution in [0.1, 0.15) is 44.1 Å². The van der Waals surface area contributed by atoms with Crippen molar-refractivity contribution in [2.24, 2.45) is 5.41 Å². The third-order valence-electron chi connectivity index (χ3n) is 4.28. The zero-order valence-electron chi connectivity index (χ0n) is 12.0. The molecule has 106 valence electrons. The van der Waals surface area contributed by atoms with Crippen LogP contribution in [0.15, 0.2) is 24.5 Å². The largest absolute Gasteiger partial charge is 0.396 e. The van der Waals surface area contributed by atoms with Crippen LogP contribution in [-0.2, 0) is 6.54 Å². The topological polar surface area (TPSA) is 36.4 Å². The fourth-order valence-electron chi connectivity index (χ4n) is 3.28. The molecular weight excluding hydrogens is 236 g/mol. The second kappa shape index (κ2) is 7.01. The Morgan fingerprint density at radius 2 is 2.00 bits per heavy atom. The Morgan fingerprint density at radius 3 is 2.58 bits per heavy atom. The predicted octanol–water partition coefficient (Wildman–Crippen LogP) is 2.85. The van der Waals surface area contributed by atoms with Gasteiger partial charge >= 0.3 is 0 Å². The number of aliphatic hydroxyl groups excluding tert-OH is 1. The maximum Gasteiger partial charge on any atom is 0.0499 e. The Labute approximate surface area is 116 Å². The van der Waals surface area contributed by atoms with Crippen molar-refractivity contribution in [1.82, 2.24) is 9.88 Å². The SMILES string of the molecule is CN(Cc1cccnc1)CC1(CO)CCCCCC1. The lowest BCUT2D eigenvalue weighted by atomic mass is 9.80. The summed E-state index contributed by atoms with van der Waals surface area (Å²) in [6.07, 6.45) is 11.3. The lowest BCUT2D eigenvalue weighted by Crippen LogP contribution is -2.38. The first-order valence-corrected chi connectivity index (χ1v) is 7.42. The lowest BCUT2D eigenvalue weighted by molar-refractivity contribution is 0.0663. The van der Waals surface area contributed by atoms with Crippen molar-refractivity contribution in [2.45, 2.75) is 45.1 Å². The van der Waals surface area contributed by atoms with Gasteiger partial charge in [0.15, 0.2) is 0 Å². The number of pyridine rings is 1. The van der Waals surface area contributed by atoms with Crippen LogP contribution in [-0.4, -0.2) is 35.2 Å². The molecule has 0 unspecified atom stereocenters. The van der Waals surface area contributed by atoms with E-state index in [-0.39, 0.29) is 5.41 Å². The molecule has 0 bridgehead atoms. The van der Waals surface area contributed by atoms with Crippen molar-refractivity contribution >= 4 is 0 Å². The van der Waals surface area contributed by atoms with Crippen LogP contribution in [0.25, 0.3) is 0 Å². The van der Waals surface area contributed by atoms with Crippen molar-refractivity contribution in [3.63, 3.8) is 0 Å². The highest BCUT2D eigenvalue weighted by Crippen LogP contribution is 2.35. The van der Waals surface area contributed by atoms with E-state index in [1.165, 1.54) is 44.1 Å². The molecular formula is C16H26N2O. The summed E-state index contributed by atoms with van der Waals surface area (Å²) in [5.74, 6) is 0. The van der Waals surface area contributed by atoms with Gasteiger partial charge < -0.3 is 10.0 Å². The minimum atomic E-state index is 0.119. The number of hydrogen-bond acceptors (Lipinski definition) is 3. The Hall–Kier alpha value is -0.930. The molecule has 1 aliphatic rings. The highest BCUT2D eigenvalue weighted by Gasteiger charge is 2.31. The Balaban J connectivity index is 1.93. The average Bonchev–Trinajstić information content (AvgIpc) is 2.66. The highest BCUT2D eigenvalue weighted by atomic mass is 16.3. The van der Waals surface area contributed by atoms with Crippen molar-refractivity contribution in [3.05, 3.63) is 30.1 Å². The average molecular weight is 262 g/mol. The van der Waals surface area contributed by atoms with Gasteiger partial charge in [-0.1, -0.05) is 31.7 Å². The van der Waals surface area contributed by atoms with Crippen LogP contribution in [0.3, 0.4) is 0 Å². The molecule has 0 spiro atoms. The lowest BCUT2D eigenvalue weighted by Gasteiger charge is -2.35. The molecule has 1 heterocycles. The van der Waals surface area contributed by atoms with Gasteiger partial charge in [0.25, 0.3) is 0 Å².